The highest BCUT2D eigenvalue weighted by Crippen LogP contribution is 2.25. The SMILES string of the molecule is CCc1cc(Cl)nc(-c2ccc(OC)c(C)c2)n1. The van der Waals surface area contributed by atoms with Crippen LogP contribution >= 0.6 is 11.6 Å². The van der Waals surface area contributed by atoms with Gasteiger partial charge >= 0.3 is 0 Å². The van der Waals surface area contributed by atoms with Crippen molar-refractivity contribution < 1.29 is 4.74 Å². The molecule has 1 aromatic heterocycles. The maximum absolute atomic E-state index is 6.00. The summed E-state index contributed by atoms with van der Waals surface area (Å²) in [5.74, 6) is 1.52. The second-order valence-electron chi connectivity index (χ2n) is 4.04. The van der Waals surface area contributed by atoms with Crippen LogP contribution in [0.15, 0.2) is 24.3 Å². The number of halogens is 1. The summed E-state index contributed by atoms with van der Waals surface area (Å²) in [6.07, 6.45) is 0.838. The lowest BCUT2D eigenvalue weighted by atomic mass is 10.1. The van der Waals surface area contributed by atoms with Crippen LogP contribution in [0.4, 0.5) is 0 Å². The van der Waals surface area contributed by atoms with E-state index in [0.717, 1.165) is 29.0 Å². The average molecular weight is 263 g/mol. The third kappa shape index (κ3) is 2.62. The fourth-order valence-electron chi connectivity index (χ4n) is 1.79. The van der Waals surface area contributed by atoms with Crippen molar-refractivity contribution in [3.05, 3.63) is 40.7 Å². The van der Waals surface area contributed by atoms with Crippen LogP contribution in [0.2, 0.25) is 5.15 Å². The van der Waals surface area contributed by atoms with E-state index in [0.29, 0.717) is 11.0 Å². The van der Waals surface area contributed by atoms with Crippen molar-refractivity contribution in [1.29, 1.82) is 0 Å². The highest BCUT2D eigenvalue weighted by Gasteiger charge is 2.07. The summed E-state index contributed by atoms with van der Waals surface area (Å²) in [4.78, 5) is 8.74. The second-order valence-corrected chi connectivity index (χ2v) is 4.43. The molecule has 0 unspecified atom stereocenters. The van der Waals surface area contributed by atoms with E-state index in [2.05, 4.69) is 9.97 Å². The predicted octanol–water partition coefficient (Wildman–Crippen LogP) is 3.68. The summed E-state index contributed by atoms with van der Waals surface area (Å²) in [5, 5.41) is 0.477. The topological polar surface area (TPSA) is 35.0 Å². The molecule has 0 fully saturated rings. The molecule has 1 aromatic carbocycles. The molecule has 2 rings (SSSR count). The number of hydrogen-bond donors (Lipinski definition) is 0. The summed E-state index contributed by atoms with van der Waals surface area (Å²) < 4.78 is 5.24. The van der Waals surface area contributed by atoms with Crippen molar-refractivity contribution in [3.8, 4) is 17.1 Å². The smallest absolute Gasteiger partial charge is 0.161 e. The van der Waals surface area contributed by atoms with Crippen LogP contribution in [-0.2, 0) is 6.42 Å². The molecule has 0 N–H and O–H groups in total. The standard InChI is InChI=1S/C14H15ClN2O/c1-4-11-8-13(15)17-14(16-11)10-5-6-12(18-3)9(2)7-10/h5-8H,4H2,1-3H3. The van der Waals surface area contributed by atoms with Gasteiger partial charge in [-0.1, -0.05) is 18.5 Å². The Morgan fingerprint density at radius 3 is 2.61 bits per heavy atom. The number of ether oxygens (including phenoxy) is 1. The summed E-state index contributed by atoms with van der Waals surface area (Å²) in [6, 6.07) is 7.66. The van der Waals surface area contributed by atoms with Gasteiger partial charge in [0.15, 0.2) is 5.82 Å². The van der Waals surface area contributed by atoms with E-state index in [9.17, 15) is 0 Å². The van der Waals surface area contributed by atoms with Crippen LogP contribution in [0.3, 0.4) is 0 Å². The molecule has 0 aliphatic carbocycles. The predicted molar refractivity (Wildman–Crippen MR) is 73.1 cm³/mol. The van der Waals surface area contributed by atoms with Gasteiger partial charge in [-0.3, -0.25) is 0 Å². The molecule has 0 aliphatic rings. The number of benzene rings is 1. The third-order valence-electron chi connectivity index (χ3n) is 2.76. The minimum absolute atomic E-state index is 0.477. The van der Waals surface area contributed by atoms with E-state index in [1.807, 2.05) is 32.0 Å². The fourth-order valence-corrected chi connectivity index (χ4v) is 2.00. The maximum Gasteiger partial charge on any atom is 0.161 e. The number of rotatable bonds is 3. The van der Waals surface area contributed by atoms with Gasteiger partial charge in [0, 0.05) is 11.3 Å². The van der Waals surface area contributed by atoms with Crippen molar-refractivity contribution in [2.45, 2.75) is 20.3 Å². The highest BCUT2D eigenvalue weighted by atomic mass is 35.5. The van der Waals surface area contributed by atoms with Crippen molar-refractivity contribution in [1.82, 2.24) is 9.97 Å². The van der Waals surface area contributed by atoms with Crippen LogP contribution in [0.1, 0.15) is 18.2 Å². The largest absolute Gasteiger partial charge is 0.496 e. The van der Waals surface area contributed by atoms with Gasteiger partial charge in [-0.15, -0.1) is 0 Å². The molecule has 0 saturated heterocycles. The molecule has 0 atom stereocenters. The molecule has 2 aromatic rings. The first kappa shape index (κ1) is 12.8. The van der Waals surface area contributed by atoms with E-state index in [-0.39, 0.29) is 0 Å². The molecule has 94 valence electrons. The van der Waals surface area contributed by atoms with Crippen molar-refractivity contribution in [2.24, 2.45) is 0 Å². The Kier molecular flexibility index (Phi) is 3.82. The molecule has 0 bridgehead atoms. The average Bonchev–Trinajstić information content (AvgIpc) is 2.37. The molecule has 0 radical (unpaired) electrons. The molecule has 0 saturated carbocycles. The maximum atomic E-state index is 6.00. The quantitative estimate of drug-likeness (QED) is 0.792. The molecule has 0 aliphatic heterocycles. The zero-order chi connectivity index (χ0) is 13.1. The van der Waals surface area contributed by atoms with Crippen LogP contribution < -0.4 is 4.74 Å². The lowest BCUT2D eigenvalue weighted by molar-refractivity contribution is 0.412. The summed E-state index contributed by atoms with van der Waals surface area (Å²) >= 11 is 6.00. The molecule has 3 nitrogen and oxygen atoms in total. The normalized spacial score (nSPS) is 10.4. The fraction of sp³-hybridized carbons (Fsp3) is 0.286. The Balaban J connectivity index is 2.48. The lowest BCUT2D eigenvalue weighted by Crippen LogP contribution is -1.96. The molecular formula is C14H15ClN2O. The zero-order valence-electron chi connectivity index (χ0n) is 10.7. The third-order valence-corrected chi connectivity index (χ3v) is 2.96. The molecule has 0 amide bonds. The van der Waals surface area contributed by atoms with Gasteiger partial charge in [-0.2, -0.15) is 0 Å². The van der Waals surface area contributed by atoms with Crippen LogP contribution in [0, 0.1) is 6.92 Å². The number of nitrogens with zero attached hydrogens (tertiary/aromatic N) is 2. The van der Waals surface area contributed by atoms with Crippen molar-refractivity contribution in [3.63, 3.8) is 0 Å². The van der Waals surface area contributed by atoms with E-state index in [1.54, 1.807) is 13.2 Å². The molecule has 4 heteroatoms. The van der Waals surface area contributed by atoms with Gasteiger partial charge < -0.3 is 4.74 Å². The number of aromatic nitrogens is 2. The first-order valence-electron chi connectivity index (χ1n) is 5.82. The minimum Gasteiger partial charge on any atom is -0.496 e. The number of methoxy groups -OCH3 is 1. The number of hydrogen-bond acceptors (Lipinski definition) is 3. The van der Waals surface area contributed by atoms with E-state index in [1.165, 1.54) is 0 Å². The Morgan fingerprint density at radius 2 is 2.00 bits per heavy atom. The molecule has 1 heterocycles. The molecule has 0 spiro atoms. The monoisotopic (exact) mass is 262 g/mol. The lowest BCUT2D eigenvalue weighted by Gasteiger charge is -2.07. The van der Waals surface area contributed by atoms with Crippen LogP contribution in [0.5, 0.6) is 5.75 Å². The Bertz CT molecular complexity index is 570. The summed E-state index contributed by atoms with van der Waals surface area (Å²) in [7, 11) is 1.66. The molecular weight excluding hydrogens is 248 g/mol. The second kappa shape index (κ2) is 5.36. The van der Waals surface area contributed by atoms with Gasteiger partial charge in [0.05, 0.1) is 7.11 Å². The number of aryl methyl sites for hydroxylation is 2. The zero-order valence-corrected chi connectivity index (χ0v) is 11.5. The summed E-state index contributed by atoms with van der Waals surface area (Å²) in [6.45, 7) is 4.04. The van der Waals surface area contributed by atoms with Crippen LogP contribution in [-0.4, -0.2) is 17.1 Å². The van der Waals surface area contributed by atoms with Gasteiger partial charge in [0.1, 0.15) is 10.9 Å². The highest BCUT2D eigenvalue weighted by molar-refractivity contribution is 6.29. The van der Waals surface area contributed by atoms with Gasteiger partial charge in [-0.25, -0.2) is 9.97 Å². The van der Waals surface area contributed by atoms with Crippen LogP contribution in [0.25, 0.3) is 11.4 Å². The summed E-state index contributed by atoms with van der Waals surface area (Å²) in [5.41, 5.74) is 2.94. The van der Waals surface area contributed by atoms with E-state index >= 15 is 0 Å². The van der Waals surface area contributed by atoms with Crippen molar-refractivity contribution in [2.75, 3.05) is 7.11 Å². The van der Waals surface area contributed by atoms with Gasteiger partial charge in [-0.05, 0) is 43.2 Å². The van der Waals surface area contributed by atoms with E-state index < -0.39 is 0 Å². The first-order chi connectivity index (χ1) is 8.63. The van der Waals surface area contributed by atoms with E-state index in [4.69, 9.17) is 16.3 Å². The van der Waals surface area contributed by atoms with Gasteiger partial charge in [0.2, 0.25) is 0 Å². The first-order valence-corrected chi connectivity index (χ1v) is 6.20. The van der Waals surface area contributed by atoms with Crippen molar-refractivity contribution >= 4 is 11.6 Å². The Labute approximate surface area is 112 Å². The van der Waals surface area contributed by atoms with Gasteiger partial charge in [0.25, 0.3) is 0 Å². The minimum atomic E-state index is 0.477. The Hall–Kier alpha value is -1.61. The Morgan fingerprint density at radius 1 is 1.22 bits per heavy atom. The molecule has 18 heavy (non-hydrogen) atoms.